The van der Waals surface area contributed by atoms with Crippen molar-refractivity contribution in [3.05, 3.63) is 41.6 Å². The molecule has 140 valence electrons. The Balaban J connectivity index is 1.42. The maximum absolute atomic E-state index is 12.6. The third-order valence-corrected chi connectivity index (χ3v) is 5.92. The molecule has 1 fully saturated rings. The van der Waals surface area contributed by atoms with E-state index in [4.69, 9.17) is 9.72 Å². The van der Waals surface area contributed by atoms with Crippen LogP contribution in [0.5, 0.6) is 0 Å². The van der Waals surface area contributed by atoms with Gasteiger partial charge in [-0.1, -0.05) is 30.1 Å². The summed E-state index contributed by atoms with van der Waals surface area (Å²) >= 11 is 1.64. The number of para-hydroxylation sites is 1. The molecule has 1 N–H and O–H groups in total. The number of rotatable bonds is 5. The van der Waals surface area contributed by atoms with E-state index in [2.05, 4.69) is 15.0 Å². The molecule has 0 spiro atoms. The van der Waals surface area contributed by atoms with Gasteiger partial charge in [0.2, 0.25) is 0 Å². The van der Waals surface area contributed by atoms with E-state index in [-0.39, 0.29) is 24.4 Å². The fourth-order valence-corrected chi connectivity index (χ4v) is 4.62. The summed E-state index contributed by atoms with van der Waals surface area (Å²) in [5.41, 5.74) is 0.960. The van der Waals surface area contributed by atoms with Gasteiger partial charge in [0, 0.05) is 12.0 Å². The topological polar surface area (TPSA) is 94.3 Å². The van der Waals surface area contributed by atoms with Crippen molar-refractivity contribution in [2.75, 3.05) is 11.9 Å². The van der Waals surface area contributed by atoms with Crippen LogP contribution in [0, 0.1) is 5.92 Å². The highest BCUT2D eigenvalue weighted by molar-refractivity contribution is 7.18. The average Bonchev–Trinajstić information content (AvgIpc) is 3.35. The van der Waals surface area contributed by atoms with Gasteiger partial charge in [0.05, 0.1) is 21.1 Å². The Labute approximate surface area is 159 Å². The van der Waals surface area contributed by atoms with Crippen molar-refractivity contribution >= 4 is 39.2 Å². The highest BCUT2D eigenvalue weighted by Gasteiger charge is 2.35. The molecule has 1 saturated carbocycles. The van der Waals surface area contributed by atoms with Crippen LogP contribution in [-0.4, -0.2) is 28.6 Å². The van der Waals surface area contributed by atoms with E-state index in [0.29, 0.717) is 5.82 Å². The van der Waals surface area contributed by atoms with Gasteiger partial charge in [-0.25, -0.2) is 4.98 Å². The number of aromatic nitrogens is 2. The number of anilines is 1. The molecule has 7 nitrogen and oxygen atoms in total. The van der Waals surface area contributed by atoms with Crippen LogP contribution in [0.2, 0.25) is 0 Å². The van der Waals surface area contributed by atoms with E-state index < -0.39 is 5.91 Å². The molecule has 4 rings (SSSR count). The van der Waals surface area contributed by atoms with E-state index in [1.54, 1.807) is 11.3 Å². The van der Waals surface area contributed by atoms with Crippen LogP contribution in [0.25, 0.3) is 10.2 Å². The number of thiazole rings is 1. The first-order valence-electron chi connectivity index (χ1n) is 8.93. The number of carbonyl (C=O) groups is 2. The number of nitrogens with zero attached hydrogens (tertiary/aromatic N) is 2. The van der Waals surface area contributed by atoms with Gasteiger partial charge in [-0.2, -0.15) is 0 Å². The normalized spacial score (nSPS) is 19.7. The summed E-state index contributed by atoms with van der Waals surface area (Å²) in [6.45, 7) is -0.339. The van der Waals surface area contributed by atoms with Crippen LogP contribution in [-0.2, 0) is 14.3 Å². The largest absolute Gasteiger partial charge is 0.455 e. The van der Waals surface area contributed by atoms with E-state index >= 15 is 0 Å². The second-order valence-electron chi connectivity index (χ2n) is 6.56. The molecule has 27 heavy (non-hydrogen) atoms. The quantitative estimate of drug-likeness (QED) is 0.673. The summed E-state index contributed by atoms with van der Waals surface area (Å²) in [6.07, 6.45) is 5.06. The minimum absolute atomic E-state index is 0.0438. The van der Waals surface area contributed by atoms with Gasteiger partial charge >= 0.3 is 5.97 Å². The van der Waals surface area contributed by atoms with Crippen molar-refractivity contribution in [2.24, 2.45) is 5.92 Å². The van der Waals surface area contributed by atoms with Crippen LogP contribution in [0.4, 0.5) is 5.82 Å². The first-order chi connectivity index (χ1) is 13.2. The molecule has 0 aliphatic heterocycles. The van der Waals surface area contributed by atoms with Gasteiger partial charge in [0.15, 0.2) is 12.4 Å². The van der Waals surface area contributed by atoms with Crippen molar-refractivity contribution in [2.45, 2.75) is 31.6 Å². The summed E-state index contributed by atoms with van der Waals surface area (Å²) < 4.78 is 11.1. The number of hydrogen-bond donors (Lipinski definition) is 1. The standard InChI is InChI=1S/C19H19N3O4S/c23-17(21-16-9-10-26-22-16)11-25-19(24)13-6-2-1-5-12(13)18-20-14-7-3-4-8-15(14)27-18/h3-4,7-10,12-13H,1-2,5-6,11H2,(H,21,22,23). The molecular weight excluding hydrogens is 366 g/mol. The molecule has 0 radical (unpaired) electrons. The van der Waals surface area contributed by atoms with Gasteiger partial charge in [-0.3, -0.25) is 9.59 Å². The molecule has 2 aromatic heterocycles. The third-order valence-electron chi connectivity index (χ3n) is 4.75. The number of carbonyl (C=O) groups excluding carboxylic acids is 2. The zero-order valence-electron chi connectivity index (χ0n) is 14.6. The van der Waals surface area contributed by atoms with Crippen molar-refractivity contribution in [1.82, 2.24) is 10.1 Å². The minimum atomic E-state index is -0.440. The fraction of sp³-hybridized carbons (Fsp3) is 0.368. The van der Waals surface area contributed by atoms with Gasteiger partial charge < -0.3 is 14.6 Å². The molecule has 0 bridgehead atoms. The highest BCUT2D eigenvalue weighted by Crippen LogP contribution is 2.41. The van der Waals surface area contributed by atoms with E-state index in [1.807, 2.05) is 24.3 Å². The molecule has 1 aliphatic rings. The van der Waals surface area contributed by atoms with Gasteiger partial charge in [-0.05, 0) is 25.0 Å². The number of esters is 1. The van der Waals surface area contributed by atoms with Gasteiger partial charge in [-0.15, -0.1) is 11.3 Å². The molecule has 3 aromatic rings. The van der Waals surface area contributed by atoms with Crippen molar-refractivity contribution in [3.63, 3.8) is 0 Å². The lowest BCUT2D eigenvalue weighted by atomic mass is 9.79. The van der Waals surface area contributed by atoms with Gasteiger partial charge in [0.1, 0.15) is 6.26 Å². The van der Waals surface area contributed by atoms with Crippen molar-refractivity contribution in [3.8, 4) is 0 Å². The second-order valence-corrected chi connectivity index (χ2v) is 7.62. The Bertz CT molecular complexity index is 904. The van der Waals surface area contributed by atoms with Crippen LogP contribution < -0.4 is 5.32 Å². The van der Waals surface area contributed by atoms with Crippen LogP contribution >= 0.6 is 11.3 Å². The van der Waals surface area contributed by atoms with Crippen molar-refractivity contribution in [1.29, 1.82) is 0 Å². The number of nitrogens with one attached hydrogen (secondary N) is 1. The predicted octanol–water partition coefficient (Wildman–Crippen LogP) is 3.74. The molecule has 0 saturated heterocycles. The van der Waals surface area contributed by atoms with Crippen LogP contribution in [0.1, 0.15) is 36.6 Å². The van der Waals surface area contributed by atoms with Crippen LogP contribution in [0.15, 0.2) is 41.1 Å². The van der Waals surface area contributed by atoms with Gasteiger partial charge in [0.25, 0.3) is 5.91 Å². The maximum Gasteiger partial charge on any atom is 0.310 e. The predicted molar refractivity (Wildman–Crippen MR) is 100 cm³/mol. The Morgan fingerprint density at radius 1 is 1.22 bits per heavy atom. The average molecular weight is 385 g/mol. The first-order valence-corrected chi connectivity index (χ1v) is 9.74. The lowest BCUT2D eigenvalue weighted by Crippen LogP contribution is -2.30. The van der Waals surface area contributed by atoms with E-state index in [0.717, 1.165) is 40.9 Å². The summed E-state index contributed by atoms with van der Waals surface area (Å²) in [4.78, 5) is 29.3. The smallest absolute Gasteiger partial charge is 0.310 e. The zero-order valence-corrected chi connectivity index (χ0v) is 15.4. The SMILES string of the molecule is O=C(COC(=O)C1CCCCC1c1nc2ccccc2s1)Nc1ccon1. The molecule has 2 atom stereocenters. The second kappa shape index (κ2) is 7.87. The Kier molecular flexibility index (Phi) is 5.15. The minimum Gasteiger partial charge on any atom is -0.455 e. The number of benzene rings is 1. The summed E-state index contributed by atoms with van der Waals surface area (Å²) in [6, 6.07) is 9.50. The van der Waals surface area contributed by atoms with E-state index in [9.17, 15) is 9.59 Å². The maximum atomic E-state index is 12.6. The molecule has 1 aliphatic carbocycles. The number of hydrogen-bond acceptors (Lipinski definition) is 7. The monoisotopic (exact) mass is 385 g/mol. The molecule has 1 aromatic carbocycles. The fourth-order valence-electron chi connectivity index (χ4n) is 3.46. The number of amides is 1. The highest BCUT2D eigenvalue weighted by atomic mass is 32.1. The van der Waals surface area contributed by atoms with Crippen molar-refractivity contribution < 1.29 is 18.8 Å². The summed E-state index contributed by atoms with van der Waals surface area (Å²) in [5.74, 6) is -0.707. The molecule has 1 amide bonds. The zero-order chi connectivity index (χ0) is 18.6. The molecule has 2 heterocycles. The summed E-state index contributed by atoms with van der Waals surface area (Å²) in [5, 5.41) is 7.08. The third kappa shape index (κ3) is 4.00. The number of fused-ring (bicyclic) bond motifs is 1. The van der Waals surface area contributed by atoms with Crippen LogP contribution in [0.3, 0.4) is 0 Å². The molecule has 8 heteroatoms. The first kappa shape index (κ1) is 17.7. The Morgan fingerprint density at radius 3 is 2.89 bits per heavy atom. The Hall–Kier alpha value is -2.74. The molecular formula is C19H19N3O4S. The molecule has 2 unspecified atom stereocenters. The lowest BCUT2D eigenvalue weighted by Gasteiger charge is -2.28. The Morgan fingerprint density at radius 2 is 2.07 bits per heavy atom. The lowest BCUT2D eigenvalue weighted by molar-refractivity contribution is -0.153. The van der Waals surface area contributed by atoms with E-state index in [1.165, 1.54) is 12.3 Å². The number of ether oxygens (including phenoxy) is 1. The summed E-state index contributed by atoms with van der Waals surface area (Å²) in [7, 11) is 0.